The molecule has 0 saturated heterocycles. The number of methoxy groups -OCH3 is 1. The van der Waals surface area contributed by atoms with Gasteiger partial charge in [-0.15, -0.1) is 0 Å². The van der Waals surface area contributed by atoms with Crippen molar-refractivity contribution in [1.82, 2.24) is 0 Å². The number of rotatable bonds is 11. The minimum absolute atomic E-state index is 0.0167. The van der Waals surface area contributed by atoms with Crippen molar-refractivity contribution in [1.29, 1.82) is 0 Å². The summed E-state index contributed by atoms with van der Waals surface area (Å²) in [6.45, 7) is 3.06. The fraction of sp³-hybridized carbons (Fsp3) is 0.333. The predicted molar refractivity (Wildman–Crippen MR) is 111 cm³/mol. The Morgan fingerprint density at radius 1 is 0.893 bits per heavy atom. The fourth-order valence-electron chi connectivity index (χ4n) is 2.41. The van der Waals surface area contributed by atoms with Crippen LogP contribution in [0.1, 0.15) is 19.8 Å². The molecule has 0 aliphatic rings. The van der Waals surface area contributed by atoms with E-state index in [4.69, 9.17) is 9.47 Å². The molecule has 0 unspecified atom stereocenters. The van der Waals surface area contributed by atoms with Crippen LogP contribution in [-0.4, -0.2) is 38.7 Å². The van der Waals surface area contributed by atoms with Crippen molar-refractivity contribution in [3.8, 4) is 5.75 Å². The Bertz CT molecular complexity index is 763. The van der Waals surface area contributed by atoms with E-state index in [0.29, 0.717) is 36.8 Å². The van der Waals surface area contributed by atoms with Gasteiger partial charge in [-0.1, -0.05) is 13.0 Å². The van der Waals surface area contributed by atoms with Crippen LogP contribution in [0.3, 0.4) is 0 Å². The molecule has 7 heteroatoms. The first-order chi connectivity index (χ1) is 13.6. The van der Waals surface area contributed by atoms with Gasteiger partial charge in [0.05, 0.1) is 13.2 Å². The molecule has 0 fully saturated rings. The highest BCUT2D eigenvalue weighted by molar-refractivity contribution is 5.94. The first-order valence-electron chi connectivity index (χ1n) is 9.26. The topological polar surface area (TPSA) is 88.7 Å². The summed E-state index contributed by atoms with van der Waals surface area (Å²) in [7, 11) is 1.62. The SMILES string of the molecule is CCCC(=O)Nc1ccc(NC(=O)CNc2cccc(OCCOC)c2)cc1. The molecule has 3 N–H and O–H groups in total. The van der Waals surface area contributed by atoms with Crippen molar-refractivity contribution in [3.05, 3.63) is 48.5 Å². The largest absolute Gasteiger partial charge is 0.491 e. The zero-order chi connectivity index (χ0) is 20.2. The van der Waals surface area contributed by atoms with Crippen LogP contribution in [0.25, 0.3) is 0 Å². The molecule has 2 aromatic rings. The van der Waals surface area contributed by atoms with Crippen LogP contribution in [0.15, 0.2) is 48.5 Å². The van der Waals surface area contributed by atoms with Gasteiger partial charge < -0.3 is 25.4 Å². The lowest BCUT2D eigenvalue weighted by atomic mass is 10.2. The molecule has 28 heavy (non-hydrogen) atoms. The van der Waals surface area contributed by atoms with Crippen molar-refractivity contribution in [2.45, 2.75) is 19.8 Å². The highest BCUT2D eigenvalue weighted by Crippen LogP contribution is 2.17. The van der Waals surface area contributed by atoms with Crippen molar-refractivity contribution >= 4 is 28.9 Å². The van der Waals surface area contributed by atoms with Crippen LogP contribution >= 0.6 is 0 Å². The van der Waals surface area contributed by atoms with Crippen LogP contribution in [0.4, 0.5) is 17.1 Å². The molecule has 0 heterocycles. The summed E-state index contributed by atoms with van der Waals surface area (Å²) in [5.41, 5.74) is 2.16. The number of nitrogens with one attached hydrogen (secondary N) is 3. The Morgan fingerprint density at radius 3 is 2.21 bits per heavy atom. The number of hydrogen-bond acceptors (Lipinski definition) is 5. The lowest BCUT2D eigenvalue weighted by molar-refractivity contribution is -0.116. The number of carbonyl (C=O) groups excluding carboxylic acids is 2. The van der Waals surface area contributed by atoms with Gasteiger partial charge in [0.15, 0.2) is 0 Å². The van der Waals surface area contributed by atoms with E-state index in [1.807, 2.05) is 31.2 Å². The van der Waals surface area contributed by atoms with E-state index in [1.165, 1.54) is 0 Å². The van der Waals surface area contributed by atoms with E-state index < -0.39 is 0 Å². The first-order valence-corrected chi connectivity index (χ1v) is 9.26. The molecule has 0 atom stereocenters. The normalized spacial score (nSPS) is 10.2. The maximum Gasteiger partial charge on any atom is 0.243 e. The third-order valence-electron chi connectivity index (χ3n) is 3.77. The second kappa shape index (κ2) is 11.6. The van der Waals surface area contributed by atoms with Crippen molar-refractivity contribution in [2.24, 2.45) is 0 Å². The van der Waals surface area contributed by atoms with Crippen LogP contribution < -0.4 is 20.7 Å². The van der Waals surface area contributed by atoms with Crippen LogP contribution in [0, 0.1) is 0 Å². The van der Waals surface area contributed by atoms with E-state index in [-0.39, 0.29) is 18.4 Å². The molecule has 2 rings (SSSR count). The Labute approximate surface area is 165 Å². The summed E-state index contributed by atoms with van der Waals surface area (Å²) in [6.07, 6.45) is 1.29. The number of anilines is 3. The number of benzene rings is 2. The summed E-state index contributed by atoms with van der Waals surface area (Å²) in [5.74, 6) is 0.522. The lowest BCUT2D eigenvalue weighted by Crippen LogP contribution is -2.21. The predicted octanol–water partition coefficient (Wildman–Crippen LogP) is 3.50. The zero-order valence-corrected chi connectivity index (χ0v) is 16.3. The molecule has 0 radical (unpaired) electrons. The Hall–Kier alpha value is -3.06. The molecule has 0 aliphatic heterocycles. The van der Waals surface area contributed by atoms with Gasteiger partial charge in [-0.2, -0.15) is 0 Å². The molecule has 0 saturated carbocycles. The Balaban J connectivity index is 1.79. The summed E-state index contributed by atoms with van der Waals surface area (Å²) >= 11 is 0. The number of hydrogen-bond donors (Lipinski definition) is 3. The van der Waals surface area contributed by atoms with Crippen molar-refractivity contribution < 1.29 is 19.1 Å². The summed E-state index contributed by atoms with van der Waals surface area (Å²) in [4.78, 5) is 23.7. The van der Waals surface area contributed by atoms with Crippen LogP contribution in [-0.2, 0) is 14.3 Å². The summed E-state index contributed by atoms with van der Waals surface area (Å²) < 4.78 is 10.5. The number of ether oxygens (including phenoxy) is 2. The van der Waals surface area contributed by atoms with Gasteiger partial charge in [0.25, 0.3) is 0 Å². The van der Waals surface area contributed by atoms with Gasteiger partial charge in [0, 0.05) is 36.7 Å². The minimum atomic E-state index is -0.173. The highest BCUT2D eigenvalue weighted by Gasteiger charge is 2.05. The second-order valence-corrected chi connectivity index (χ2v) is 6.15. The third kappa shape index (κ3) is 7.67. The molecular formula is C21H27N3O4. The maximum atomic E-state index is 12.1. The molecule has 2 amide bonds. The highest BCUT2D eigenvalue weighted by atomic mass is 16.5. The Morgan fingerprint density at radius 2 is 1.57 bits per heavy atom. The van der Waals surface area contributed by atoms with Crippen LogP contribution in [0.2, 0.25) is 0 Å². The average Bonchev–Trinajstić information content (AvgIpc) is 2.69. The van der Waals surface area contributed by atoms with E-state index in [2.05, 4.69) is 16.0 Å². The lowest BCUT2D eigenvalue weighted by Gasteiger charge is -2.11. The molecule has 0 aliphatic carbocycles. The van der Waals surface area contributed by atoms with Gasteiger partial charge in [-0.05, 0) is 42.8 Å². The van der Waals surface area contributed by atoms with Crippen molar-refractivity contribution in [3.63, 3.8) is 0 Å². The zero-order valence-electron chi connectivity index (χ0n) is 16.3. The summed E-state index contributed by atoms with van der Waals surface area (Å²) in [5, 5.41) is 8.69. The fourth-order valence-corrected chi connectivity index (χ4v) is 2.41. The molecule has 0 aromatic heterocycles. The molecule has 0 spiro atoms. The smallest absolute Gasteiger partial charge is 0.243 e. The van der Waals surface area contributed by atoms with Crippen LogP contribution in [0.5, 0.6) is 5.75 Å². The second-order valence-electron chi connectivity index (χ2n) is 6.15. The monoisotopic (exact) mass is 385 g/mol. The molecule has 0 bridgehead atoms. The standard InChI is InChI=1S/C21H27N3O4/c1-3-5-20(25)23-16-8-10-17(11-9-16)24-21(26)15-22-18-6-4-7-19(14-18)28-13-12-27-2/h4,6-11,14,22H,3,5,12-13,15H2,1-2H3,(H,23,25)(H,24,26). The Kier molecular flexibility index (Phi) is 8.81. The summed E-state index contributed by atoms with van der Waals surface area (Å²) in [6, 6.07) is 14.4. The minimum Gasteiger partial charge on any atom is -0.491 e. The molecule has 150 valence electrons. The van der Waals surface area contributed by atoms with E-state index >= 15 is 0 Å². The average molecular weight is 385 g/mol. The third-order valence-corrected chi connectivity index (χ3v) is 3.77. The van der Waals surface area contributed by atoms with E-state index in [0.717, 1.165) is 12.1 Å². The van der Waals surface area contributed by atoms with Gasteiger partial charge in [0.2, 0.25) is 11.8 Å². The van der Waals surface area contributed by atoms with Gasteiger partial charge >= 0.3 is 0 Å². The van der Waals surface area contributed by atoms with Crippen molar-refractivity contribution in [2.75, 3.05) is 42.8 Å². The number of carbonyl (C=O) groups is 2. The molecule has 7 nitrogen and oxygen atoms in total. The van der Waals surface area contributed by atoms with Gasteiger partial charge in [-0.25, -0.2) is 0 Å². The molecule has 2 aromatic carbocycles. The van der Waals surface area contributed by atoms with Gasteiger partial charge in [0.1, 0.15) is 12.4 Å². The first kappa shape index (κ1) is 21.2. The van der Waals surface area contributed by atoms with E-state index in [1.54, 1.807) is 31.4 Å². The van der Waals surface area contributed by atoms with Gasteiger partial charge in [-0.3, -0.25) is 9.59 Å². The van der Waals surface area contributed by atoms with E-state index in [9.17, 15) is 9.59 Å². The number of amides is 2. The maximum absolute atomic E-state index is 12.1. The molecular weight excluding hydrogens is 358 g/mol. The quantitative estimate of drug-likeness (QED) is 0.515.